The molecule has 0 saturated heterocycles. The molecule has 0 radical (unpaired) electrons. The molecule has 12 heavy (non-hydrogen) atoms. The van der Waals surface area contributed by atoms with Gasteiger partial charge in [0.05, 0.1) is 0 Å². The first-order chi connectivity index (χ1) is 5.57. The van der Waals surface area contributed by atoms with Gasteiger partial charge in [0, 0.05) is 11.4 Å². The van der Waals surface area contributed by atoms with Crippen LogP contribution in [0.2, 0.25) is 0 Å². The second-order valence-corrected chi connectivity index (χ2v) is 3.72. The van der Waals surface area contributed by atoms with Crippen molar-refractivity contribution >= 4 is 0 Å². The van der Waals surface area contributed by atoms with E-state index in [4.69, 9.17) is 0 Å². The summed E-state index contributed by atoms with van der Waals surface area (Å²) >= 11 is 0. The Morgan fingerprint density at radius 2 is 1.75 bits per heavy atom. The van der Waals surface area contributed by atoms with E-state index in [9.17, 15) is 0 Å². The van der Waals surface area contributed by atoms with Gasteiger partial charge < -0.3 is 4.98 Å². The summed E-state index contributed by atoms with van der Waals surface area (Å²) in [5.74, 6) is 0.690. The van der Waals surface area contributed by atoms with Gasteiger partial charge in [0.15, 0.2) is 0 Å². The Morgan fingerprint density at radius 1 is 1.17 bits per heavy atom. The number of aryl methyl sites for hydroxylation is 2. The first-order valence-corrected chi connectivity index (χ1v) is 4.73. The zero-order valence-corrected chi connectivity index (χ0v) is 8.78. The molecule has 1 rings (SSSR count). The van der Waals surface area contributed by atoms with E-state index >= 15 is 0 Å². The number of hydrogen-bond acceptors (Lipinski definition) is 0. The average molecular weight is 165 g/mol. The molecule has 0 aliphatic carbocycles. The summed E-state index contributed by atoms with van der Waals surface area (Å²) in [5, 5.41) is 0. The van der Waals surface area contributed by atoms with Gasteiger partial charge in [-0.15, -0.1) is 0 Å². The monoisotopic (exact) mass is 165 g/mol. The molecule has 1 N–H and O–H groups in total. The minimum absolute atomic E-state index is 0.690. The fourth-order valence-electron chi connectivity index (χ4n) is 1.87. The van der Waals surface area contributed by atoms with Gasteiger partial charge in [0.25, 0.3) is 0 Å². The minimum atomic E-state index is 0.690. The Bertz CT molecular complexity index is 271. The summed E-state index contributed by atoms with van der Waals surface area (Å²) in [5.41, 5.74) is 5.64. The third-order valence-electron chi connectivity index (χ3n) is 2.85. The Hall–Kier alpha value is -0.720. The van der Waals surface area contributed by atoms with E-state index in [0.717, 1.165) is 0 Å². The molecule has 1 aromatic rings. The van der Waals surface area contributed by atoms with Crippen molar-refractivity contribution in [2.45, 2.75) is 47.0 Å². The van der Waals surface area contributed by atoms with Crippen LogP contribution < -0.4 is 0 Å². The van der Waals surface area contributed by atoms with Crippen LogP contribution in [0.4, 0.5) is 0 Å². The molecule has 0 spiro atoms. The van der Waals surface area contributed by atoms with Crippen LogP contribution in [0.25, 0.3) is 0 Å². The largest absolute Gasteiger partial charge is 0.362 e. The van der Waals surface area contributed by atoms with Gasteiger partial charge in [0.1, 0.15) is 0 Å². The highest BCUT2D eigenvalue weighted by atomic mass is 14.7. The van der Waals surface area contributed by atoms with Crippen LogP contribution >= 0.6 is 0 Å². The number of aromatic nitrogens is 1. The Kier molecular flexibility index (Phi) is 2.61. The van der Waals surface area contributed by atoms with Gasteiger partial charge >= 0.3 is 0 Å². The van der Waals surface area contributed by atoms with Crippen LogP contribution in [-0.4, -0.2) is 4.98 Å². The molecule has 1 heterocycles. The second kappa shape index (κ2) is 3.34. The SMILES string of the molecule is CCC(C)c1c(C)[nH]c(C)c1C. The van der Waals surface area contributed by atoms with Crippen LogP contribution in [0.5, 0.6) is 0 Å². The van der Waals surface area contributed by atoms with E-state index in [1.165, 1.54) is 28.9 Å². The summed E-state index contributed by atoms with van der Waals surface area (Å²) in [6.07, 6.45) is 1.22. The van der Waals surface area contributed by atoms with Crippen molar-refractivity contribution in [1.29, 1.82) is 0 Å². The second-order valence-electron chi connectivity index (χ2n) is 3.72. The number of nitrogens with one attached hydrogen (secondary N) is 1. The number of hydrogen-bond donors (Lipinski definition) is 1. The molecule has 0 aromatic carbocycles. The molecular formula is C11H19N. The highest BCUT2D eigenvalue weighted by Gasteiger charge is 2.12. The lowest BCUT2D eigenvalue weighted by Gasteiger charge is -2.09. The van der Waals surface area contributed by atoms with Crippen molar-refractivity contribution in [3.05, 3.63) is 22.5 Å². The van der Waals surface area contributed by atoms with Crippen molar-refractivity contribution in [3.63, 3.8) is 0 Å². The Balaban J connectivity index is 3.13. The summed E-state index contributed by atoms with van der Waals surface area (Å²) in [6.45, 7) is 11.1. The predicted octanol–water partition coefficient (Wildman–Crippen LogP) is 3.45. The summed E-state index contributed by atoms with van der Waals surface area (Å²) in [6, 6.07) is 0. The first-order valence-electron chi connectivity index (χ1n) is 4.73. The molecule has 68 valence electrons. The molecule has 1 heteroatoms. The zero-order valence-electron chi connectivity index (χ0n) is 8.78. The fourth-order valence-corrected chi connectivity index (χ4v) is 1.87. The van der Waals surface area contributed by atoms with E-state index in [2.05, 4.69) is 39.6 Å². The maximum Gasteiger partial charge on any atom is 0.0155 e. The van der Waals surface area contributed by atoms with Crippen LogP contribution in [0.15, 0.2) is 0 Å². The normalized spacial score (nSPS) is 13.4. The fraction of sp³-hybridized carbons (Fsp3) is 0.636. The van der Waals surface area contributed by atoms with Crippen molar-refractivity contribution in [3.8, 4) is 0 Å². The number of rotatable bonds is 2. The smallest absolute Gasteiger partial charge is 0.0155 e. The molecule has 0 saturated carbocycles. The molecule has 0 fully saturated rings. The highest BCUT2D eigenvalue weighted by molar-refractivity contribution is 5.37. The first kappa shape index (κ1) is 9.37. The van der Waals surface area contributed by atoms with Crippen LogP contribution in [0, 0.1) is 20.8 Å². The summed E-state index contributed by atoms with van der Waals surface area (Å²) in [7, 11) is 0. The van der Waals surface area contributed by atoms with Crippen molar-refractivity contribution in [1.82, 2.24) is 4.98 Å². The van der Waals surface area contributed by atoms with Gasteiger partial charge in [-0.25, -0.2) is 0 Å². The molecule has 0 aliphatic rings. The van der Waals surface area contributed by atoms with E-state index in [1.54, 1.807) is 0 Å². The molecule has 0 aliphatic heterocycles. The Labute approximate surface area is 75.2 Å². The molecule has 1 aromatic heterocycles. The van der Waals surface area contributed by atoms with Gasteiger partial charge in [-0.1, -0.05) is 13.8 Å². The third-order valence-corrected chi connectivity index (χ3v) is 2.85. The molecule has 1 atom stereocenters. The zero-order chi connectivity index (χ0) is 9.30. The topological polar surface area (TPSA) is 15.8 Å². The summed E-state index contributed by atoms with van der Waals surface area (Å²) in [4.78, 5) is 3.39. The van der Waals surface area contributed by atoms with Gasteiger partial charge in [-0.2, -0.15) is 0 Å². The van der Waals surface area contributed by atoms with Crippen molar-refractivity contribution in [2.24, 2.45) is 0 Å². The lowest BCUT2D eigenvalue weighted by atomic mass is 9.95. The van der Waals surface area contributed by atoms with Gasteiger partial charge in [0.2, 0.25) is 0 Å². The maximum atomic E-state index is 3.39. The molecular weight excluding hydrogens is 146 g/mol. The van der Waals surface area contributed by atoms with Crippen LogP contribution in [0.1, 0.15) is 48.7 Å². The van der Waals surface area contributed by atoms with Crippen LogP contribution in [-0.2, 0) is 0 Å². The standard InChI is InChI=1S/C11H19N/c1-6-7(2)11-8(3)9(4)12-10(11)5/h7,12H,6H2,1-5H3. The highest BCUT2D eigenvalue weighted by Crippen LogP contribution is 2.27. The lowest BCUT2D eigenvalue weighted by molar-refractivity contribution is 0.724. The third kappa shape index (κ3) is 1.40. The molecule has 1 unspecified atom stereocenters. The molecule has 0 bridgehead atoms. The van der Waals surface area contributed by atoms with Crippen LogP contribution in [0.3, 0.4) is 0 Å². The van der Waals surface area contributed by atoms with E-state index in [0.29, 0.717) is 5.92 Å². The quantitative estimate of drug-likeness (QED) is 0.690. The minimum Gasteiger partial charge on any atom is -0.362 e. The van der Waals surface area contributed by atoms with E-state index < -0.39 is 0 Å². The number of aromatic amines is 1. The molecule has 1 nitrogen and oxygen atoms in total. The predicted molar refractivity (Wildman–Crippen MR) is 53.7 cm³/mol. The lowest BCUT2D eigenvalue weighted by Crippen LogP contribution is -1.94. The Morgan fingerprint density at radius 3 is 2.08 bits per heavy atom. The van der Waals surface area contributed by atoms with E-state index in [-0.39, 0.29) is 0 Å². The van der Waals surface area contributed by atoms with Crippen molar-refractivity contribution < 1.29 is 0 Å². The van der Waals surface area contributed by atoms with E-state index in [1.807, 2.05) is 0 Å². The number of H-pyrrole nitrogens is 1. The molecule has 0 amide bonds. The average Bonchev–Trinajstić information content (AvgIpc) is 2.26. The summed E-state index contributed by atoms with van der Waals surface area (Å²) < 4.78 is 0. The van der Waals surface area contributed by atoms with Crippen molar-refractivity contribution in [2.75, 3.05) is 0 Å². The maximum absolute atomic E-state index is 3.39. The van der Waals surface area contributed by atoms with Gasteiger partial charge in [-0.05, 0) is 44.2 Å². The van der Waals surface area contributed by atoms with Gasteiger partial charge in [-0.3, -0.25) is 0 Å².